The van der Waals surface area contributed by atoms with Crippen LogP contribution < -0.4 is 5.32 Å². The highest BCUT2D eigenvalue weighted by Gasteiger charge is 2.13. The van der Waals surface area contributed by atoms with Crippen molar-refractivity contribution in [3.8, 4) is 0 Å². The summed E-state index contributed by atoms with van der Waals surface area (Å²) in [5.41, 5.74) is 1.22. The molecule has 2 aromatic rings. The van der Waals surface area contributed by atoms with Crippen molar-refractivity contribution in [1.82, 2.24) is 10.3 Å². The summed E-state index contributed by atoms with van der Waals surface area (Å²) in [5, 5.41) is 13.5. The Kier molecular flexibility index (Phi) is 6.74. The van der Waals surface area contributed by atoms with Crippen LogP contribution in [0, 0.1) is 0 Å². The second kappa shape index (κ2) is 8.79. The Morgan fingerprint density at radius 1 is 1.30 bits per heavy atom. The highest BCUT2D eigenvalue weighted by molar-refractivity contribution is 7.11. The van der Waals surface area contributed by atoms with Gasteiger partial charge in [0.1, 0.15) is 5.01 Å². The van der Waals surface area contributed by atoms with Crippen molar-refractivity contribution in [3.63, 3.8) is 0 Å². The van der Waals surface area contributed by atoms with Crippen molar-refractivity contribution in [3.05, 3.63) is 52.0 Å². The van der Waals surface area contributed by atoms with Crippen molar-refractivity contribution in [2.75, 3.05) is 0 Å². The van der Waals surface area contributed by atoms with Gasteiger partial charge in [-0.1, -0.05) is 44.2 Å². The molecule has 2 rings (SSSR count). The Morgan fingerprint density at radius 2 is 2.04 bits per heavy atom. The number of carbonyl (C=O) groups is 1. The molecule has 0 radical (unpaired) electrons. The summed E-state index contributed by atoms with van der Waals surface area (Å²) in [6, 6.07) is 10.3. The minimum atomic E-state index is -0.749. The maximum absolute atomic E-state index is 10.9. The first-order chi connectivity index (χ1) is 11.0. The Hall–Kier alpha value is -1.72. The van der Waals surface area contributed by atoms with E-state index < -0.39 is 5.97 Å². The first-order valence-electron chi connectivity index (χ1n) is 7.98. The Balaban J connectivity index is 1.94. The summed E-state index contributed by atoms with van der Waals surface area (Å²) < 4.78 is 0. The molecule has 0 bridgehead atoms. The third-order valence-electron chi connectivity index (χ3n) is 3.71. The van der Waals surface area contributed by atoms with Gasteiger partial charge in [-0.15, -0.1) is 11.3 Å². The van der Waals surface area contributed by atoms with E-state index in [1.165, 1.54) is 10.4 Å². The van der Waals surface area contributed by atoms with Gasteiger partial charge in [0, 0.05) is 30.1 Å². The molecular formula is C18H24N2O2S. The van der Waals surface area contributed by atoms with Crippen molar-refractivity contribution >= 4 is 17.3 Å². The summed E-state index contributed by atoms with van der Waals surface area (Å²) in [6.45, 7) is 5.01. The minimum Gasteiger partial charge on any atom is -0.481 e. The zero-order valence-electron chi connectivity index (χ0n) is 13.7. The van der Waals surface area contributed by atoms with Gasteiger partial charge >= 0.3 is 5.97 Å². The molecule has 0 saturated carbocycles. The molecule has 5 heteroatoms. The van der Waals surface area contributed by atoms with Crippen LogP contribution >= 0.6 is 11.3 Å². The van der Waals surface area contributed by atoms with E-state index in [4.69, 9.17) is 5.11 Å². The summed E-state index contributed by atoms with van der Waals surface area (Å²) >= 11 is 1.72. The molecule has 1 aromatic carbocycles. The summed E-state index contributed by atoms with van der Waals surface area (Å²) in [4.78, 5) is 16.6. The Labute approximate surface area is 141 Å². The fourth-order valence-electron chi connectivity index (χ4n) is 2.38. The van der Waals surface area contributed by atoms with Crippen molar-refractivity contribution < 1.29 is 9.90 Å². The molecule has 1 unspecified atom stereocenters. The predicted octanol–water partition coefficient (Wildman–Crippen LogP) is 3.83. The number of carboxylic acid groups (broad SMARTS) is 1. The first-order valence-corrected chi connectivity index (χ1v) is 8.80. The van der Waals surface area contributed by atoms with Crippen molar-refractivity contribution in [1.29, 1.82) is 0 Å². The fraction of sp³-hybridized carbons (Fsp3) is 0.444. The summed E-state index contributed by atoms with van der Waals surface area (Å²) in [7, 11) is 0. The SMILES string of the molecule is CC(C)c1cnc(CNC(CCC(=O)O)Cc2ccccc2)s1. The van der Waals surface area contributed by atoms with Gasteiger partial charge in [0.15, 0.2) is 0 Å². The number of nitrogens with zero attached hydrogens (tertiary/aromatic N) is 1. The molecule has 0 aliphatic heterocycles. The molecule has 0 aliphatic rings. The van der Waals surface area contributed by atoms with Crippen LogP contribution in [0.3, 0.4) is 0 Å². The zero-order chi connectivity index (χ0) is 16.7. The third kappa shape index (κ3) is 6.12. The number of nitrogens with one attached hydrogen (secondary N) is 1. The second-order valence-electron chi connectivity index (χ2n) is 6.01. The van der Waals surface area contributed by atoms with Crippen molar-refractivity contribution in [2.24, 2.45) is 0 Å². The van der Waals surface area contributed by atoms with Gasteiger partial charge in [0.2, 0.25) is 0 Å². The van der Waals surface area contributed by atoms with E-state index in [0.29, 0.717) is 18.9 Å². The number of thiazole rings is 1. The number of aromatic nitrogens is 1. The van der Waals surface area contributed by atoms with Crippen molar-refractivity contribution in [2.45, 2.75) is 51.6 Å². The van der Waals surface area contributed by atoms with Crippen LogP contribution in [0.25, 0.3) is 0 Å². The largest absolute Gasteiger partial charge is 0.481 e. The average Bonchev–Trinajstić information content (AvgIpc) is 3.00. The number of rotatable bonds is 9. The van der Waals surface area contributed by atoms with E-state index in [0.717, 1.165) is 11.4 Å². The number of hydrogen-bond donors (Lipinski definition) is 2. The van der Waals surface area contributed by atoms with Crippen LogP contribution in [-0.4, -0.2) is 22.1 Å². The molecule has 4 nitrogen and oxygen atoms in total. The average molecular weight is 332 g/mol. The smallest absolute Gasteiger partial charge is 0.303 e. The van der Waals surface area contributed by atoms with Crippen LogP contribution in [0.15, 0.2) is 36.5 Å². The summed E-state index contributed by atoms with van der Waals surface area (Å²) in [5.74, 6) is -0.255. The number of hydrogen-bond acceptors (Lipinski definition) is 4. The van der Waals surface area contributed by atoms with Gasteiger partial charge in [-0.3, -0.25) is 4.79 Å². The normalized spacial score (nSPS) is 12.5. The quantitative estimate of drug-likeness (QED) is 0.732. The molecule has 0 fully saturated rings. The molecule has 1 heterocycles. The van der Waals surface area contributed by atoms with Crippen LogP contribution in [0.1, 0.15) is 48.1 Å². The van der Waals surface area contributed by atoms with Crippen LogP contribution in [0.5, 0.6) is 0 Å². The minimum absolute atomic E-state index is 0.139. The fourth-order valence-corrected chi connectivity index (χ4v) is 3.25. The first kappa shape index (κ1) is 17.6. The zero-order valence-corrected chi connectivity index (χ0v) is 14.5. The Bertz CT molecular complexity index is 610. The standard InChI is InChI=1S/C18H24N2O2S/c1-13(2)16-11-20-17(23-16)12-19-15(8-9-18(21)22)10-14-6-4-3-5-7-14/h3-7,11,13,15,19H,8-10,12H2,1-2H3,(H,21,22). The highest BCUT2D eigenvalue weighted by Crippen LogP contribution is 2.22. The number of carboxylic acids is 1. The predicted molar refractivity (Wildman–Crippen MR) is 93.8 cm³/mol. The molecule has 0 saturated heterocycles. The molecule has 0 aliphatic carbocycles. The molecule has 23 heavy (non-hydrogen) atoms. The molecule has 124 valence electrons. The number of benzene rings is 1. The van der Waals surface area contributed by atoms with Crippen LogP contribution in [-0.2, 0) is 17.8 Å². The van der Waals surface area contributed by atoms with Crippen LogP contribution in [0.4, 0.5) is 0 Å². The maximum atomic E-state index is 10.9. The van der Waals surface area contributed by atoms with Crippen LogP contribution in [0.2, 0.25) is 0 Å². The van der Waals surface area contributed by atoms with E-state index in [2.05, 4.69) is 36.3 Å². The van der Waals surface area contributed by atoms with Gasteiger partial charge < -0.3 is 10.4 Å². The van der Waals surface area contributed by atoms with E-state index in [1.54, 1.807) is 11.3 Å². The lowest BCUT2D eigenvalue weighted by Gasteiger charge is -2.17. The highest BCUT2D eigenvalue weighted by atomic mass is 32.1. The molecule has 2 N–H and O–H groups in total. The lowest BCUT2D eigenvalue weighted by molar-refractivity contribution is -0.137. The second-order valence-corrected chi connectivity index (χ2v) is 7.16. The van der Waals surface area contributed by atoms with E-state index in [1.807, 2.05) is 24.4 Å². The maximum Gasteiger partial charge on any atom is 0.303 e. The van der Waals surface area contributed by atoms with E-state index >= 15 is 0 Å². The molecule has 1 aromatic heterocycles. The Morgan fingerprint density at radius 3 is 2.65 bits per heavy atom. The van der Waals surface area contributed by atoms with E-state index in [-0.39, 0.29) is 12.5 Å². The van der Waals surface area contributed by atoms with Gasteiger partial charge in [-0.05, 0) is 24.3 Å². The van der Waals surface area contributed by atoms with Gasteiger partial charge in [0.05, 0.1) is 0 Å². The molecule has 0 amide bonds. The lowest BCUT2D eigenvalue weighted by atomic mass is 10.0. The molecular weight excluding hydrogens is 308 g/mol. The lowest BCUT2D eigenvalue weighted by Crippen LogP contribution is -2.31. The van der Waals surface area contributed by atoms with E-state index in [9.17, 15) is 4.79 Å². The third-order valence-corrected chi connectivity index (χ3v) is 5.01. The number of aliphatic carboxylic acids is 1. The van der Waals surface area contributed by atoms with Gasteiger partial charge in [-0.2, -0.15) is 0 Å². The molecule has 1 atom stereocenters. The summed E-state index contributed by atoms with van der Waals surface area (Å²) in [6.07, 6.45) is 3.57. The monoisotopic (exact) mass is 332 g/mol. The van der Waals surface area contributed by atoms with Gasteiger partial charge in [-0.25, -0.2) is 4.98 Å². The van der Waals surface area contributed by atoms with Gasteiger partial charge in [0.25, 0.3) is 0 Å². The topological polar surface area (TPSA) is 62.2 Å². The molecule has 0 spiro atoms.